The zero-order valence-corrected chi connectivity index (χ0v) is 14.5. The Morgan fingerprint density at radius 1 is 1.26 bits per heavy atom. The lowest BCUT2D eigenvalue weighted by Crippen LogP contribution is -2.46. The first-order valence-electron chi connectivity index (χ1n) is 8.39. The minimum Gasteiger partial charge on any atom is -0.483 e. The van der Waals surface area contributed by atoms with E-state index in [0.717, 1.165) is 44.0 Å². The lowest BCUT2D eigenvalue weighted by atomic mass is 9.86. The number of ether oxygens (including phenoxy) is 1. The highest BCUT2D eigenvalue weighted by Gasteiger charge is 2.18. The van der Waals surface area contributed by atoms with Gasteiger partial charge in [-0.05, 0) is 17.0 Å². The maximum absolute atomic E-state index is 12.0. The number of benzene rings is 1. The zero-order chi connectivity index (χ0) is 16.7. The molecule has 0 bridgehead atoms. The maximum Gasteiger partial charge on any atom is 0.257 e. The average molecular weight is 319 g/mol. The van der Waals surface area contributed by atoms with Crippen LogP contribution in [0.3, 0.4) is 0 Å². The number of piperazine rings is 1. The molecule has 2 rings (SSSR count). The van der Waals surface area contributed by atoms with Crippen LogP contribution in [0.4, 0.5) is 0 Å². The molecule has 0 saturated carbocycles. The van der Waals surface area contributed by atoms with Crippen molar-refractivity contribution in [2.45, 2.75) is 26.2 Å². The normalized spacial score (nSPS) is 16.1. The van der Waals surface area contributed by atoms with Gasteiger partial charge in [0.15, 0.2) is 6.61 Å². The molecule has 5 heteroatoms. The Labute approximate surface area is 139 Å². The van der Waals surface area contributed by atoms with Gasteiger partial charge in [0.25, 0.3) is 5.91 Å². The largest absolute Gasteiger partial charge is 0.483 e. The van der Waals surface area contributed by atoms with E-state index in [9.17, 15) is 4.79 Å². The van der Waals surface area contributed by atoms with Crippen LogP contribution in [0.5, 0.6) is 5.75 Å². The van der Waals surface area contributed by atoms with Gasteiger partial charge in [-0.2, -0.15) is 0 Å². The summed E-state index contributed by atoms with van der Waals surface area (Å²) in [6.07, 6.45) is 0. The molecule has 1 heterocycles. The van der Waals surface area contributed by atoms with E-state index in [1.165, 1.54) is 0 Å². The highest BCUT2D eigenvalue weighted by Crippen LogP contribution is 2.30. The van der Waals surface area contributed by atoms with Crippen molar-refractivity contribution in [1.82, 2.24) is 15.5 Å². The van der Waals surface area contributed by atoms with Gasteiger partial charge < -0.3 is 15.4 Å². The van der Waals surface area contributed by atoms with Gasteiger partial charge in [-0.25, -0.2) is 0 Å². The van der Waals surface area contributed by atoms with Gasteiger partial charge in [0.1, 0.15) is 5.75 Å². The van der Waals surface area contributed by atoms with E-state index in [4.69, 9.17) is 4.74 Å². The molecule has 0 aromatic heterocycles. The molecule has 1 saturated heterocycles. The second kappa shape index (κ2) is 8.31. The summed E-state index contributed by atoms with van der Waals surface area (Å²) in [5.74, 6) is 0.723. The van der Waals surface area contributed by atoms with Gasteiger partial charge in [0.2, 0.25) is 0 Å². The fraction of sp³-hybridized carbons (Fsp3) is 0.611. The van der Waals surface area contributed by atoms with Crippen molar-refractivity contribution in [3.8, 4) is 5.75 Å². The Balaban J connectivity index is 1.74. The van der Waals surface area contributed by atoms with E-state index in [2.05, 4.69) is 42.4 Å². The minimum atomic E-state index is -0.0659. The van der Waals surface area contributed by atoms with E-state index in [0.29, 0.717) is 6.54 Å². The van der Waals surface area contributed by atoms with Crippen LogP contribution < -0.4 is 15.4 Å². The SMILES string of the molecule is CC(C)(C)c1ccccc1OCC(=O)NCCN1CCNCC1. The maximum atomic E-state index is 12.0. The van der Waals surface area contributed by atoms with Crippen LogP contribution in [0, 0.1) is 0 Å². The average Bonchev–Trinajstić information content (AvgIpc) is 2.53. The van der Waals surface area contributed by atoms with Crippen molar-refractivity contribution in [3.05, 3.63) is 29.8 Å². The molecule has 128 valence electrons. The van der Waals surface area contributed by atoms with Crippen LogP contribution >= 0.6 is 0 Å². The summed E-state index contributed by atoms with van der Waals surface area (Å²) in [7, 11) is 0. The number of hydrogen-bond donors (Lipinski definition) is 2. The third kappa shape index (κ3) is 5.84. The third-order valence-electron chi connectivity index (χ3n) is 4.01. The first-order valence-corrected chi connectivity index (χ1v) is 8.39. The molecule has 1 amide bonds. The lowest BCUT2D eigenvalue weighted by Gasteiger charge is -2.27. The Morgan fingerprint density at radius 2 is 1.96 bits per heavy atom. The first kappa shape index (κ1) is 17.8. The quantitative estimate of drug-likeness (QED) is 0.832. The standard InChI is InChI=1S/C18H29N3O2/c1-18(2,3)15-6-4-5-7-16(15)23-14-17(22)20-10-13-21-11-8-19-9-12-21/h4-7,19H,8-14H2,1-3H3,(H,20,22). The van der Waals surface area contributed by atoms with Crippen molar-refractivity contribution < 1.29 is 9.53 Å². The molecule has 2 N–H and O–H groups in total. The summed E-state index contributed by atoms with van der Waals surface area (Å²) in [5, 5.41) is 6.25. The summed E-state index contributed by atoms with van der Waals surface area (Å²) in [5.41, 5.74) is 1.11. The smallest absolute Gasteiger partial charge is 0.257 e. The van der Waals surface area contributed by atoms with Gasteiger partial charge in [-0.1, -0.05) is 39.0 Å². The van der Waals surface area contributed by atoms with Crippen molar-refractivity contribution in [2.24, 2.45) is 0 Å². The van der Waals surface area contributed by atoms with Gasteiger partial charge in [0, 0.05) is 39.3 Å². The van der Waals surface area contributed by atoms with Crippen LogP contribution in [0.2, 0.25) is 0 Å². The van der Waals surface area contributed by atoms with E-state index in [1.807, 2.05) is 18.2 Å². The molecule has 5 nitrogen and oxygen atoms in total. The molecule has 1 aliphatic rings. The molecule has 1 aliphatic heterocycles. The van der Waals surface area contributed by atoms with E-state index >= 15 is 0 Å². The van der Waals surface area contributed by atoms with Crippen molar-refractivity contribution in [1.29, 1.82) is 0 Å². The Kier molecular flexibility index (Phi) is 6.42. The minimum absolute atomic E-state index is 0.00460. The summed E-state index contributed by atoms with van der Waals surface area (Å²) < 4.78 is 5.73. The zero-order valence-electron chi connectivity index (χ0n) is 14.5. The first-order chi connectivity index (χ1) is 11.0. The second-order valence-corrected chi connectivity index (χ2v) is 6.98. The molecule has 23 heavy (non-hydrogen) atoms. The van der Waals surface area contributed by atoms with Gasteiger partial charge in [-0.15, -0.1) is 0 Å². The molecule has 1 aromatic carbocycles. The number of para-hydroxylation sites is 1. The highest BCUT2D eigenvalue weighted by molar-refractivity contribution is 5.77. The molecule has 0 radical (unpaired) electrons. The fourth-order valence-corrected chi connectivity index (χ4v) is 2.69. The van der Waals surface area contributed by atoms with E-state index in [1.54, 1.807) is 0 Å². The predicted octanol–water partition coefficient (Wildman–Crippen LogP) is 1.38. The van der Waals surface area contributed by atoms with Crippen LogP contribution in [0.1, 0.15) is 26.3 Å². The van der Waals surface area contributed by atoms with Crippen molar-refractivity contribution in [3.63, 3.8) is 0 Å². The lowest BCUT2D eigenvalue weighted by molar-refractivity contribution is -0.123. The molecular weight excluding hydrogens is 290 g/mol. The molecule has 0 spiro atoms. The van der Waals surface area contributed by atoms with Gasteiger partial charge >= 0.3 is 0 Å². The van der Waals surface area contributed by atoms with E-state index < -0.39 is 0 Å². The number of nitrogens with one attached hydrogen (secondary N) is 2. The van der Waals surface area contributed by atoms with Crippen molar-refractivity contribution >= 4 is 5.91 Å². The Hall–Kier alpha value is -1.59. The number of carbonyl (C=O) groups is 1. The van der Waals surface area contributed by atoms with Crippen LogP contribution in [0.15, 0.2) is 24.3 Å². The molecule has 0 atom stereocenters. The topological polar surface area (TPSA) is 53.6 Å². The van der Waals surface area contributed by atoms with Gasteiger partial charge in [0.05, 0.1) is 0 Å². The Morgan fingerprint density at radius 3 is 2.65 bits per heavy atom. The molecule has 0 aliphatic carbocycles. The van der Waals surface area contributed by atoms with E-state index in [-0.39, 0.29) is 17.9 Å². The molecule has 1 aromatic rings. The number of hydrogen-bond acceptors (Lipinski definition) is 4. The third-order valence-corrected chi connectivity index (χ3v) is 4.01. The number of carbonyl (C=O) groups excluding carboxylic acids is 1. The second-order valence-electron chi connectivity index (χ2n) is 6.98. The summed E-state index contributed by atoms with van der Waals surface area (Å²) in [6, 6.07) is 7.92. The predicted molar refractivity (Wildman–Crippen MR) is 93.0 cm³/mol. The highest BCUT2D eigenvalue weighted by atomic mass is 16.5. The summed E-state index contributed by atoms with van der Waals surface area (Å²) in [4.78, 5) is 14.3. The molecule has 0 unspecified atom stereocenters. The van der Waals surface area contributed by atoms with Crippen LogP contribution in [-0.4, -0.2) is 56.7 Å². The van der Waals surface area contributed by atoms with Crippen LogP contribution in [0.25, 0.3) is 0 Å². The number of rotatable bonds is 6. The number of nitrogens with zero attached hydrogens (tertiary/aromatic N) is 1. The van der Waals surface area contributed by atoms with Crippen LogP contribution in [-0.2, 0) is 10.2 Å². The number of amides is 1. The monoisotopic (exact) mass is 319 g/mol. The summed E-state index contributed by atoms with van der Waals surface area (Å²) in [6.45, 7) is 12.2. The summed E-state index contributed by atoms with van der Waals surface area (Å²) >= 11 is 0. The molecular formula is C18H29N3O2. The fourth-order valence-electron chi connectivity index (χ4n) is 2.69. The van der Waals surface area contributed by atoms with Gasteiger partial charge in [-0.3, -0.25) is 9.69 Å². The van der Waals surface area contributed by atoms with Crippen molar-refractivity contribution in [2.75, 3.05) is 45.9 Å². The Bertz CT molecular complexity index is 505. The molecule has 1 fully saturated rings.